The van der Waals surface area contributed by atoms with E-state index in [2.05, 4.69) is 6.58 Å². The smallest absolute Gasteiger partial charge is 0.132 e. The van der Waals surface area contributed by atoms with Gasteiger partial charge >= 0.3 is 0 Å². The number of rotatable bonds is 8. The SMILES string of the molecule is C=CCCCCCOc1ccc([C@@H](C)O)c(F)c1. The van der Waals surface area contributed by atoms with Gasteiger partial charge in [-0.3, -0.25) is 0 Å². The summed E-state index contributed by atoms with van der Waals surface area (Å²) >= 11 is 0. The predicted octanol–water partition coefficient (Wildman–Crippen LogP) is 4.00. The molecule has 0 heterocycles. The Hall–Kier alpha value is -1.35. The second kappa shape index (κ2) is 7.88. The summed E-state index contributed by atoms with van der Waals surface area (Å²) in [4.78, 5) is 0. The minimum atomic E-state index is -0.794. The van der Waals surface area contributed by atoms with Crippen molar-refractivity contribution >= 4 is 0 Å². The lowest BCUT2D eigenvalue weighted by Gasteiger charge is -2.09. The minimum absolute atomic E-state index is 0.299. The highest BCUT2D eigenvalue weighted by Gasteiger charge is 2.08. The van der Waals surface area contributed by atoms with Gasteiger partial charge in [0.15, 0.2) is 0 Å². The molecule has 0 aliphatic heterocycles. The van der Waals surface area contributed by atoms with Crippen LogP contribution in [0.2, 0.25) is 0 Å². The Kier molecular flexibility index (Phi) is 6.44. The average Bonchev–Trinajstić information content (AvgIpc) is 2.33. The van der Waals surface area contributed by atoms with Crippen LogP contribution in [0.3, 0.4) is 0 Å². The zero-order chi connectivity index (χ0) is 13.4. The summed E-state index contributed by atoms with van der Waals surface area (Å²) in [6, 6.07) is 4.58. The fourth-order valence-electron chi connectivity index (χ4n) is 1.69. The topological polar surface area (TPSA) is 29.5 Å². The molecule has 0 spiro atoms. The van der Waals surface area contributed by atoms with Crippen molar-refractivity contribution in [2.45, 2.75) is 38.7 Å². The molecule has 1 atom stereocenters. The van der Waals surface area contributed by atoms with Gasteiger partial charge in [-0.1, -0.05) is 6.08 Å². The minimum Gasteiger partial charge on any atom is -0.493 e. The zero-order valence-electron chi connectivity index (χ0n) is 10.9. The molecule has 0 aliphatic carbocycles. The van der Waals surface area contributed by atoms with Crippen molar-refractivity contribution in [1.82, 2.24) is 0 Å². The summed E-state index contributed by atoms with van der Waals surface area (Å²) in [5.74, 6) is 0.0924. The Balaban J connectivity index is 2.35. The number of allylic oxidation sites excluding steroid dienone is 1. The maximum atomic E-state index is 13.5. The first-order valence-corrected chi connectivity index (χ1v) is 6.36. The normalized spacial score (nSPS) is 12.2. The molecule has 0 fully saturated rings. The van der Waals surface area contributed by atoms with Gasteiger partial charge in [0.25, 0.3) is 0 Å². The van der Waals surface area contributed by atoms with Crippen LogP contribution in [-0.2, 0) is 0 Å². The molecule has 1 N–H and O–H groups in total. The van der Waals surface area contributed by atoms with E-state index < -0.39 is 11.9 Å². The van der Waals surface area contributed by atoms with Crippen LogP contribution in [0.4, 0.5) is 4.39 Å². The molecule has 0 radical (unpaired) electrons. The summed E-state index contributed by atoms with van der Waals surface area (Å²) < 4.78 is 19.0. The lowest BCUT2D eigenvalue weighted by molar-refractivity contribution is 0.194. The Bertz CT molecular complexity index is 375. The number of hydrogen-bond donors (Lipinski definition) is 1. The fraction of sp³-hybridized carbons (Fsp3) is 0.467. The molecule has 2 nitrogen and oxygen atoms in total. The van der Waals surface area contributed by atoms with Crippen LogP contribution in [0.5, 0.6) is 5.75 Å². The first-order chi connectivity index (χ1) is 8.65. The molecule has 0 aliphatic rings. The lowest BCUT2D eigenvalue weighted by Crippen LogP contribution is -2.00. The molecule has 3 heteroatoms. The number of aliphatic hydroxyl groups excluding tert-OH is 1. The second-order valence-corrected chi connectivity index (χ2v) is 4.35. The van der Waals surface area contributed by atoms with Crippen LogP contribution >= 0.6 is 0 Å². The van der Waals surface area contributed by atoms with Gasteiger partial charge in [-0.15, -0.1) is 6.58 Å². The van der Waals surface area contributed by atoms with Crippen molar-refractivity contribution < 1.29 is 14.2 Å². The first kappa shape index (κ1) is 14.7. The standard InChI is InChI=1S/C15H21FO2/c1-3-4-5-6-7-10-18-13-8-9-14(12(2)17)15(16)11-13/h3,8-9,11-12,17H,1,4-7,10H2,2H3/t12-/m1/s1. The molecule has 0 saturated carbocycles. The van der Waals surface area contributed by atoms with Gasteiger partial charge in [0.2, 0.25) is 0 Å². The van der Waals surface area contributed by atoms with Crippen LogP contribution in [0, 0.1) is 5.82 Å². The van der Waals surface area contributed by atoms with Crippen molar-refractivity contribution in [3.63, 3.8) is 0 Å². The largest absolute Gasteiger partial charge is 0.493 e. The van der Waals surface area contributed by atoms with Crippen molar-refractivity contribution in [3.8, 4) is 5.75 Å². The Morgan fingerprint density at radius 1 is 1.39 bits per heavy atom. The van der Waals surface area contributed by atoms with E-state index in [1.807, 2.05) is 6.08 Å². The third kappa shape index (κ3) is 4.88. The molecular weight excluding hydrogens is 231 g/mol. The maximum Gasteiger partial charge on any atom is 0.132 e. The number of ether oxygens (including phenoxy) is 1. The molecule has 18 heavy (non-hydrogen) atoms. The number of benzene rings is 1. The fourth-order valence-corrected chi connectivity index (χ4v) is 1.69. The summed E-state index contributed by atoms with van der Waals surface area (Å²) in [6.07, 6.45) is 5.29. The monoisotopic (exact) mass is 252 g/mol. The van der Waals surface area contributed by atoms with Crippen LogP contribution in [0.15, 0.2) is 30.9 Å². The number of unbranched alkanes of at least 4 members (excludes halogenated alkanes) is 3. The van der Waals surface area contributed by atoms with E-state index in [1.54, 1.807) is 19.1 Å². The third-order valence-electron chi connectivity index (χ3n) is 2.74. The quantitative estimate of drug-likeness (QED) is 0.559. The lowest BCUT2D eigenvalue weighted by atomic mass is 10.1. The average molecular weight is 252 g/mol. The Labute approximate surface area is 108 Å². The molecule has 0 aromatic heterocycles. The van der Waals surface area contributed by atoms with E-state index in [1.165, 1.54) is 6.07 Å². The van der Waals surface area contributed by atoms with E-state index >= 15 is 0 Å². The van der Waals surface area contributed by atoms with Crippen LogP contribution in [-0.4, -0.2) is 11.7 Å². The molecule has 0 bridgehead atoms. The van der Waals surface area contributed by atoms with Gasteiger partial charge in [0, 0.05) is 11.6 Å². The molecule has 1 rings (SSSR count). The first-order valence-electron chi connectivity index (χ1n) is 6.36. The van der Waals surface area contributed by atoms with Gasteiger partial charge < -0.3 is 9.84 Å². The van der Waals surface area contributed by atoms with Crippen molar-refractivity contribution in [2.24, 2.45) is 0 Å². The molecule has 1 aromatic carbocycles. The van der Waals surface area contributed by atoms with Gasteiger partial charge in [0.05, 0.1) is 12.7 Å². The highest BCUT2D eigenvalue weighted by atomic mass is 19.1. The van der Waals surface area contributed by atoms with Gasteiger partial charge in [-0.25, -0.2) is 4.39 Å². The van der Waals surface area contributed by atoms with Gasteiger partial charge in [0.1, 0.15) is 11.6 Å². The maximum absolute atomic E-state index is 13.5. The summed E-state index contributed by atoms with van der Waals surface area (Å²) in [5, 5.41) is 9.30. The molecule has 0 saturated heterocycles. The molecular formula is C15H21FO2. The molecule has 100 valence electrons. The van der Waals surface area contributed by atoms with E-state index in [0.717, 1.165) is 25.7 Å². The van der Waals surface area contributed by atoms with Gasteiger partial charge in [-0.2, -0.15) is 0 Å². The van der Waals surface area contributed by atoms with Crippen molar-refractivity contribution in [2.75, 3.05) is 6.61 Å². The summed E-state index contributed by atoms with van der Waals surface area (Å²) in [5.41, 5.74) is 0.299. The van der Waals surface area contributed by atoms with Crippen LogP contribution in [0.1, 0.15) is 44.3 Å². The number of aliphatic hydroxyl groups is 1. The van der Waals surface area contributed by atoms with Crippen LogP contribution in [0.25, 0.3) is 0 Å². The van der Waals surface area contributed by atoms with Crippen molar-refractivity contribution in [1.29, 1.82) is 0 Å². The second-order valence-electron chi connectivity index (χ2n) is 4.35. The van der Waals surface area contributed by atoms with E-state index in [-0.39, 0.29) is 0 Å². The van der Waals surface area contributed by atoms with E-state index in [0.29, 0.717) is 17.9 Å². The number of halogens is 1. The van der Waals surface area contributed by atoms with E-state index in [4.69, 9.17) is 4.74 Å². The molecule has 0 unspecified atom stereocenters. The Morgan fingerprint density at radius 3 is 2.78 bits per heavy atom. The summed E-state index contributed by atoms with van der Waals surface area (Å²) in [7, 11) is 0. The van der Waals surface area contributed by atoms with Crippen LogP contribution < -0.4 is 4.74 Å². The highest BCUT2D eigenvalue weighted by molar-refractivity contribution is 5.29. The zero-order valence-corrected chi connectivity index (χ0v) is 10.9. The Morgan fingerprint density at radius 2 is 2.17 bits per heavy atom. The number of hydrogen-bond acceptors (Lipinski definition) is 2. The molecule has 0 amide bonds. The summed E-state index contributed by atoms with van der Waals surface area (Å²) in [6.45, 7) is 5.79. The van der Waals surface area contributed by atoms with E-state index in [9.17, 15) is 9.50 Å². The highest BCUT2D eigenvalue weighted by Crippen LogP contribution is 2.21. The van der Waals surface area contributed by atoms with Gasteiger partial charge in [-0.05, 0) is 44.7 Å². The third-order valence-corrected chi connectivity index (χ3v) is 2.74. The predicted molar refractivity (Wildman–Crippen MR) is 71.2 cm³/mol. The van der Waals surface area contributed by atoms with Crippen molar-refractivity contribution in [3.05, 3.63) is 42.2 Å². The molecule has 1 aromatic rings.